The molecule has 0 saturated carbocycles. The molecule has 0 aliphatic heterocycles. The van der Waals surface area contributed by atoms with Gasteiger partial charge in [-0.3, -0.25) is 9.52 Å². The lowest BCUT2D eigenvalue weighted by Crippen LogP contribution is -2.45. The van der Waals surface area contributed by atoms with Crippen molar-refractivity contribution in [1.29, 1.82) is 0 Å². The number of amides is 1. The van der Waals surface area contributed by atoms with Gasteiger partial charge in [-0.25, -0.2) is 0 Å². The number of carbonyl (C=O) groups is 1. The Hall–Kier alpha value is -0.300. The number of hydrogen-bond donors (Lipinski definition) is 2. The topological polar surface area (TPSA) is 59.6 Å². The van der Waals surface area contributed by atoms with Gasteiger partial charge in [-0.15, -0.1) is 0 Å². The molecule has 0 aromatic rings. The number of rotatable bonds is 12. The van der Waals surface area contributed by atoms with Crippen molar-refractivity contribution in [1.82, 2.24) is 10.0 Å². The second-order valence-corrected chi connectivity index (χ2v) is 7.92. The van der Waals surface area contributed by atoms with E-state index in [1.807, 2.05) is 13.8 Å². The normalized spacial score (nSPS) is 13.7. The van der Waals surface area contributed by atoms with E-state index in [2.05, 4.69) is 30.8 Å². The zero-order valence-corrected chi connectivity index (χ0v) is 16.0. The maximum absolute atomic E-state index is 12.1. The summed E-state index contributed by atoms with van der Waals surface area (Å²) < 4.78 is 14.5. The highest BCUT2D eigenvalue weighted by atomic mass is 32.2. The fourth-order valence-corrected chi connectivity index (χ4v) is 2.16. The van der Waals surface area contributed by atoms with E-state index in [1.54, 1.807) is 25.8 Å². The van der Waals surface area contributed by atoms with Crippen molar-refractivity contribution in [3.05, 3.63) is 0 Å². The second kappa shape index (κ2) is 11.3. The van der Waals surface area contributed by atoms with Crippen LogP contribution in [0.5, 0.6) is 0 Å². The maximum atomic E-state index is 12.1. The highest BCUT2D eigenvalue weighted by Crippen LogP contribution is 2.12. The Morgan fingerprint density at radius 2 is 1.77 bits per heavy atom. The smallest absolute Gasteiger partial charge is 0.251 e. The van der Waals surface area contributed by atoms with Crippen LogP contribution in [0.15, 0.2) is 0 Å². The highest BCUT2D eigenvalue weighted by molar-refractivity contribution is 7.98. The Morgan fingerprint density at radius 1 is 1.14 bits per heavy atom. The molecule has 1 atom stereocenters. The van der Waals surface area contributed by atoms with E-state index in [1.165, 1.54) is 0 Å². The summed E-state index contributed by atoms with van der Waals surface area (Å²) >= 11 is 1.72. The van der Waals surface area contributed by atoms with Gasteiger partial charge in [0.2, 0.25) is 0 Å². The SMILES string of the molecule is CC(CCOC(C)(C)C(=O)NCCOC(C)C)NSC(C)C. The van der Waals surface area contributed by atoms with Crippen molar-refractivity contribution in [2.45, 2.75) is 77.9 Å². The van der Waals surface area contributed by atoms with Crippen LogP contribution in [-0.4, -0.2) is 48.7 Å². The molecule has 0 fully saturated rings. The van der Waals surface area contributed by atoms with Gasteiger partial charge < -0.3 is 14.8 Å². The third kappa shape index (κ3) is 11.3. The Labute approximate surface area is 140 Å². The minimum atomic E-state index is -0.817. The Balaban J connectivity index is 3.89. The summed E-state index contributed by atoms with van der Waals surface area (Å²) in [5.74, 6) is -0.1000. The summed E-state index contributed by atoms with van der Waals surface area (Å²) in [5, 5.41) is 3.40. The predicted octanol–water partition coefficient (Wildman–Crippen LogP) is 2.75. The monoisotopic (exact) mass is 334 g/mol. The van der Waals surface area contributed by atoms with E-state index < -0.39 is 5.60 Å². The lowest BCUT2D eigenvalue weighted by atomic mass is 10.1. The summed E-state index contributed by atoms with van der Waals surface area (Å²) in [6.07, 6.45) is 1.05. The van der Waals surface area contributed by atoms with Crippen molar-refractivity contribution in [2.24, 2.45) is 0 Å². The van der Waals surface area contributed by atoms with E-state index in [0.717, 1.165) is 6.42 Å². The van der Waals surface area contributed by atoms with Crippen LogP contribution in [0.3, 0.4) is 0 Å². The van der Waals surface area contributed by atoms with Crippen LogP contribution in [0.1, 0.15) is 54.9 Å². The molecule has 5 nitrogen and oxygen atoms in total. The van der Waals surface area contributed by atoms with E-state index in [0.29, 0.717) is 31.1 Å². The van der Waals surface area contributed by atoms with Crippen LogP contribution in [0.4, 0.5) is 0 Å². The van der Waals surface area contributed by atoms with Gasteiger partial charge in [0, 0.05) is 24.4 Å². The van der Waals surface area contributed by atoms with Gasteiger partial charge in [-0.2, -0.15) is 0 Å². The molecule has 2 N–H and O–H groups in total. The molecule has 1 amide bonds. The second-order valence-electron chi connectivity index (χ2n) is 6.51. The minimum Gasteiger partial charge on any atom is -0.377 e. The molecule has 0 heterocycles. The summed E-state index contributed by atoms with van der Waals surface area (Å²) in [7, 11) is 0. The summed E-state index contributed by atoms with van der Waals surface area (Å²) in [4.78, 5) is 12.1. The van der Waals surface area contributed by atoms with Crippen LogP contribution in [0, 0.1) is 0 Å². The molecule has 0 rings (SSSR count). The lowest BCUT2D eigenvalue weighted by Gasteiger charge is -2.25. The van der Waals surface area contributed by atoms with Gasteiger partial charge in [-0.1, -0.05) is 25.8 Å². The van der Waals surface area contributed by atoms with Crippen LogP contribution in [0.25, 0.3) is 0 Å². The van der Waals surface area contributed by atoms with Gasteiger partial charge >= 0.3 is 0 Å². The standard InChI is InChI=1S/C16H34N2O3S/c1-12(2)20-11-9-17-15(19)16(6,7)21-10-8-14(5)18-22-13(3)4/h12-14,18H,8-11H2,1-7H3,(H,17,19). The molecular weight excluding hydrogens is 300 g/mol. The largest absolute Gasteiger partial charge is 0.377 e. The highest BCUT2D eigenvalue weighted by Gasteiger charge is 2.28. The first-order valence-electron chi connectivity index (χ1n) is 8.10. The Bertz CT molecular complexity index is 310. The van der Waals surface area contributed by atoms with E-state index in [-0.39, 0.29) is 12.0 Å². The number of hydrogen-bond acceptors (Lipinski definition) is 5. The quantitative estimate of drug-likeness (QED) is 0.424. The first-order chi connectivity index (χ1) is 10.1. The van der Waals surface area contributed by atoms with Crippen LogP contribution in [-0.2, 0) is 14.3 Å². The van der Waals surface area contributed by atoms with Crippen LogP contribution in [0.2, 0.25) is 0 Å². The molecule has 132 valence electrons. The number of ether oxygens (including phenoxy) is 2. The molecule has 1 unspecified atom stereocenters. The average Bonchev–Trinajstić information content (AvgIpc) is 2.40. The van der Waals surface area contributed by atoms with Gasteiger partial charge in [0.25, 0.3) is 5.91 Å². The van der Waals surface area contributed by atoms with Gasteiger partial charge in [-0.05, 0) is 41.0 Å². The molecule has 0 spiro atoms. The maximum Gasteiger partial charge on any atom is 0.251 e. The molecular formula is C16H34N2O3S. The zero-order chi connectivity index (χ0) is 17.2. The average molecular weight is 335 g/mol. The van der Waals surface area contributed by atoms with E-state index in [9.17, 15) is 4.79 Å². The molecule has 0 aromatic carbocycles. The molecule has 0 saturated heterocycles. The fraction of sp³-hybridized carbons (Fsp3) is 0.938. The van der Waals surface area contributed by atoms with Gasteiger partial charge in [0.1, 0.15) is 5.60 Å². The third-order valence-corrected chi connectivity index (χ3v) is 3.91. The van der Waals surface area contributed by atoms with Crippen LogP contribution < -0.4 is 10.0 Å². The van der Waals surface area contributed by atoms with Crippen molar-refractivity contribution in [3.63, 3.8) is 0 Å². The van der Waals surface area contributed by atoms with Crippen LogP contribution >= 0.6 is 11.9 Å². The zero-order valence-electron chi connectivity index (χ0n) is 15.2. The minimum absolute atomic E-state index is 0.1000. The lowest BCUT2D eigenvalue weighted by molar-refractivity contribution is -0.143. The molecule has 0 aromatic heterocycles. The Kier molecular flexibility index (Phi) is 11.1. The molecule has 0 bridgehead atoms. The van der Waals surface area contributed by atoms with Gasteiger partial charge in [0.05, 0.1) is 12.7 Å². The Morgan fingerprint density at radius 3 is 2.32 bits per heavy atom. The first kappa shape index (κ1) is 21.7. The van der Waals surface area contributed by atoms with E-state index >= 15 is 0 Å². The summed E-state index contributed by atoms with van der Waals surface area (Å²) in [5.41, 5.74) is -0.817. The first-order valence-corrected chi connectivity index (χ1v) is 8.98. The summed E-state index contributed by atoms with van der Waals surface area (Å²) in [6, 6.07) is 0.353. The molecule has 22 heavy (non-hydrogen) atoms. The van der Waals surface area contributed by atoms with E-state index in [4.69, 9.17) is 9.47 Å². The number of carbonyl (C=O) groups excluding carboxylic acids is 1. The number of nitrogens with one attached hydrogen (secondary N) is 2. The van der Waals surface area contributed by atoms with Crippen molar-refractivity contribution in [3.8, 4) is 0 Å². The fourth-order valence-electron chi connectivity index (χ4n) is 1.54. The van der Waals surface area contributed by atoms with Crippen molar-refractivity contribution in [2.75, 3.05) is 19.8 Å². The molecule has 0 radical (unpaired) electrons. The van der Waals surface area contributed by atoms with Crippen molar-refractivity contribution < 1.29 is 14.3 Å². The molecule has 0 aliphatic rings. The summed E-state index contributed by atoms with van der Waals surface area (Å²) in [6.45, 7) is 15.5. The predicted molar refractivity (Wildman–Crippen MR) is 94.1 cm³/mol. The third-order valence-electron chi connectivity index (χ3n) is 2.90. The van der Waals surface area contributed by atoms with Gasteiger partial charge in [0.15, 0.2) is 0 Å². The molecule has 6 heteroatoms. The van der Waals surface area contributed by atoms with Crippen molar-refractivity contribution >= 4 is 17.9 Å². The molecule has 0 aliphatic carbocycles.